The van der Waals surface area contributed by atoms with Crippen molar-refractivity contribution in [3.63, 3.8) is 0 Å². The predicted octanol–water partition coefficient (Wildman–Crippen LogP) is 1.43. The van der Waals surface area contributed by atoms with Crippen molar-refractivity contribution < 1.29 is 4.52 Å². The minimum Gasteiger partial charge on any atom is -0.356 e. The molecule has 0 atom stereocenters. The summed E-state index contributed by atoms with van der Waals surface area (Å²) in [5, 5.41) is 4.27. The number of benzene rings is 1. The quantitative estimate of drug-likeness (QED) is 0.521. The molecule has 0 fully saturated rings. The first-order valence-corrected chi connectivity index (χ1v) is 2.60. The van der Waals surface area contributed by atoms with Gasteiger partial charge in [-0.15, -0.1) is 0 Å². The Morgan fingerprint density at radius 3 is 3.44 bits per heavy atom. The first-order valence-electron chi connectivity index (χ1n) is 2.60. The van der Waals surface area contributed by atoms with E-state index in [0.717, 1.165) is 11.0 Å². The molecule has 1 aromatic heterocycles. The third-order valence-electron chi connectivity index (χ3n) is 1.12. The normalized spacial score (nSPS) is 10.2. The highest BCUT2D eigenvalue weighted by Crippen LogP contribution is 2.08. The largest absolute Gasteiger partial charge is 0.356 e. The molecule has 0 N–H and O–H groups in total. The molecule has 0 aliphatic carbocycles. The van der Waals surface area contributed by atoms with E-state index >= 15 is 0 Å². The molecular formula is C7H3NO. The van der Waals surface area contributed by atoms with Crippen LogP contribution in [0.25, 0.3) is 11.0 Å². The highest BCUT2D eigenvalue weighted by molar-refractivity contribution is 5.73. The van der Waals surface area contributed by atoms with Crippen molar-refractivity contribution in [3.05, 3.63) is 30.5 Å². The number of fused-ring (bicyclic) bond motifs is 1. The standard InChI is InChI=1S/C7H3NO/c1-2-4-7-6(3-1)5-8-9-7/h1-2,4H. The third-order valence-corrected chi connectivity index (χ3v) is 1.12. The van der Waals surface area contributed by atoms with Gasteiger partial charge >= 0.3 is 0 Å². The van der Waals surface area contributed by atoms with Crippen molar-refractivity contribution in [2.45, 2.75) is 0 Å². The molecule has 0 amide bonds. The summed E-state index contributed by atoms with van der Waals surface area (Å²) in [6, 6.07) is 8.40. The zero-order chi connectivity index (χ0) is 6.10. The van der Waals surface area contributed by atoms with Crippen LogP contribution in [-0.4, -0.2) is 5.16 Å². The molecular weight excluding hydrogens is 114 g/mol. The molecule has 0 saturated carbocycles. The molecule has 0 unspecified atom stereocenters. The van der Waals surface area contributed by atoms with E-state index in [2.05, 4.69) is 17.4 Å². The first kappa shape index (κ1) is 4.56. The van der Waals surface area contributed by atoms with Gasteiger partial charge in [0.05, 0.1) is 5.39 Å². The fraction of sp³-hybridized carbons (Fsp3) is 0. The van der Waals surface area contributed by atoms with E-state index in [1.807, 2.05) is 12.1 Å². The van der Waals surface area contributed by atoms with Crippen LogP contribution in [0.5, 0.6) is 0 Å². The maximum Gasteiger partial charge on any atom is 0.168 e. The second kappa shape index (κ2) is 1.58. The number of rotatable bonds is 0. The molecule has 2 rings (SSSR count). The van der Waals surface area contributed by atoms with Gasteiger partial charge in [0.15, 0.2) is 5.58 Å². The van der Waals surface area contributed by atoms with Crippen molar-refractivity contribution in [2.24, 2.45) is 0 Å². The van der Waals surface area contributed by atoms with Gasteiger partial charge in [0.1, 0.15) is 6.20 Å². The van der Waals surface area contributed by atoms with E-state index in [-0.39, 0.29) is 0 Å². The zero-order valence-corrected chi connectivity index (χ0v) is 4.59. The number of hydrogen-bond donors (Lipinski definition) is 0. The van der Waals surface area contributed by atoms with Crippen LogP contribution in [0.1, 0.15) is 0 Å². The highest BCUT2D eigenvalue weighted by Gasteiger charge is 1.93. The van der Waals surface area contributed by atoms with Gasteiger partial charge in [0, 0.05) is 0 Å². The summed E-state index contributed by atoms with van der Waals surface area (Å²) in [4.78, 5) is 0. The lowest BCUT2D eigenvalue weighted by atomic mass is 10.3. The van der Waals surface area contributed by atoms with E-state index in [0.29, 0.717) is 0 Å². The maximum atomic E-state index is 4.78. The molecule has 0 aliphatic rings. The second-order valence-corrected chi connectivity index (χ2v) is 1.70. The lowest BCUT2D eigenvalue weighted by Gasteiger charge is -1.77. The average molecular weight is 117 g/mol. The molecule has 0 bridgehead atoms. The topological polar surface area (TPSA) is 26.0 Å². The van der Waals surface area contributed by atoms with Gasteiger partial charge in [0.2, 0.25) is 0 Å². The van der Waals surface area contributed by atoms with Gasteiger partial charge in [-0.1, -0.05) is 17.3 Å². The second-order valence-electron chi connectivity index (χ2n) is 1.70. The highest BCUT2D eigenvalue weighted by atomic mass is 16.5. The molecule has 2 heteroatoms. The van der Waals surface area contributed by atoms with Crippen LogP contribution in [0, 0.1) is 12.3 Å². The monoisotopic (exact) mass is 117 g/mol. The van der Waals surface area contributed by atoms with Crippen LogP contribution in [0.3, 0.4) is 0 Å². The van der Waals surface area contributed by atoms with Crippen LogP contribution in [0.4, 0.5) is 0 Å². The molecule has 0 spiro atoms. The van der Waals surface area contributed by atoms with E-state index in [9.17, 15) is 0 Å². The van der Waals surface area contributed by atoms with Crippen LogP contribution in [-0.2, 0) is 0 Å². The van der Waals surface area contributed by atoms with Gasteiger partial charge in [-0.2, -0.15) is 0 Å². The van der Waals surface area contributed by atoms with Crippen molar-refractivity contribution in [1.29, 1.82) is 0 Å². The van der Waals surface area contributed by atoms with Crippen LogP contribution in [0.2, 0.25) is 0 Å². The minimum atomic E-state index is 0.734. The Bertz CT molecular complexity index is 283. The Hall–Kier alpha value is -1.31. The summed E-state index contributed by atoms with van der Waals surface area (Å²) in [6.45, 7) is 0. The van der Waals surface area contributed by atoms with Gasteiger partial charge in [0.25, 0.3) is 0 Å². The van der Waals surface area contributed by atoms with Gasteiger partial charge < -0.3 is 4.52 Å². The molecule has 2 aromatic rings. The van der Waals surface area contributed by atoms with Gasteiger partial charge in [-0.05, 0) is 12.1 Å². The van der Waals surface area contributed by atoms with Crippen molar-refractivity contribution in [2.75, 3.05) is 0 Å². The lowest BCUT2D eigenvalue weighted by molar-refractivity contribution is 0.454. The molecule has 1 heterocycles. The molecule has 9 heavy (non-hydrogen) atoms. The zero-order valence-electron chi connectivity index (χ0n) is 4.59. The minimum absolute atomic E-state index is 0.734. The summed E-state index contributed by atoms with van der Waals surface area (Å²) < 4.78 is 4.78. The molecule has 42 valence electrons. The molecule has 1 aromatic carbocycles. The van der Waals surface area contributed by atoms with Crippen molar-refractivity contribution in [3.8, 4) is 0 Å². The fourth-order valence-electron chi connectivity index (χ4n) is 0.703. The lowest BCUT2D eigenvalue weighted by Crippen LogP contribution is -1.59. The number of nitrogens with zero attached hydrogens (tertiary/aromatic N) is 1. The molecule has 0 aliphatic heterocycles. The fourth-order valence-corrected chi connectivity index (χ4v) is 0.703. The molecule has 2 radical (unpaired) electrons. The SMILES string of the molecule is [c]1cccc2on[c]c12. The van der Waals surface area contributed by atoms with E-state index in [4.69, 9.17) is 4.52 Å². The van der Waals surface area contributed by atoms with Gasteiger partial charge in [-0.3, -0.25) is 0 Å². The first-order chi connectivity index (χ1) is 4.47. The summed E-state index contributed by atoms with van der Waals surface area (Å²) >= 11 is 0. The summed E-state index contributed by atoms with van der Waals surface area (Å²) in [5.41, 5.74) is 0.734. The third kappa shape index (κ3) is 0.598. The summed E-state index contributed by atoms with van der Waals surface area (Å²) in [6.07, 6.45) is 2.65. The number of aromatic nitrogens is 1. The molecule has 0 saturated heterocycles. The Morgan fingerprint density at radius 2 is 2.56 bits per heavy atom. The van der Waals surface area contributed by atoms with Crippen molar-refractivity contribution >= 4 is 11.0 Å². The van der Waals surface area contributed by atoms with E-state index in [1.54, 1.807) is 6.07 Å². The van der Waals surface area contributed by atoms with Crippen molar-refractivity contribution in [1.82, 2.24) is 5.16 Å². The maximum absolute atomic E-state index is 4.78. The smallest absolute Gasteiger partial charge is 0.168 e. The van der Waals surface area contributed by atoms with Crippen LogP contribution >= 0.6 is 0 Å². The van der Waals surface area contributed by atoms with Gasteiger partial charge in [-0.25, -0.2) is 0 Å². The van der Waals surface area contributed by atoms with Crippen LogP contribution < -0.4 is 0 Å². The predicted molar refractivity (Wildman–Crippen MR) is 31.7 cm³/mol. The Kier molecular flexibility index (Phi) is 0.803. The van der Waals surface area contributed by atoms with E-state index < -0.39 is 0 Å². The summed E-state index contributed by atoms with van der Waals surface area (Å²) in [7, 11) is 0. The Morgan fingerprint density at radius 1 is 1.56 bits per heavy atom. The Labute approximate surface area is 52.1 Å². The average Bonchev–Trinajstić information content (AvgIpc) is 2.33. The van der Waals surface area contributed by atoms with E-state index in [1.165, 1.54) is 0 Å². The number of hydrogen-bond acceptors (Lipinski definition) is 2. The molecule has 2 nitrogen and oxygen atoms in total. The summed E-state index contributed by atoms with van der Waals surface area (Å²) in [5.74, 6) is 0. The van der Waals surface area contributed by atoms with Crippen LogP contribution in [0.15, 0.2) is 22.7 Å². The Balaban J connectivity index is 2.95.